The molecule has 0 aromatic heterocycles. The van der Waals surface area contributed by atoms with Crippen molar-refractivity contribution in [2.45, 2.75) is 39.5 Å². The summed E-state index contributed by atoms with van der Waals surface area (Å²) in [7, 11) is 0. The smallest absolute Gasteiger partial charge is 1.00 e. The quantitative estimate of drug-likeness (QED) is 0.479. The first-order chi connectivity index (χ1) is 12.5. The molecule has 2 aliphatic rings. The Bertz CT molecular complexity index is 776. The molecule has 0 radical (unpaired) electrons. The molecule has 2 aromatic rings. The molecule has 0 N–H and O–H groups in total. The van der Waals surface area contributed by atoms with Gasteiger partial charge in [0.05, 0.1) is 0 Å². The van der Waals surface area contributed by atoms with Crippen molar-refractivity contribution in [3.8, 4) is 0 Å². The molecule has 0 heterocycles. The normalized spacial score (nSPS) is 17.9. The zero-order valence-electron chi connectivity index (χ0n) is 17.0. The molecule has 2 atom stereocenters. The van der Waals surface area contributed by atoms with Gasteiger partial charge in [-0.3, -0.25) is 0 Å². The van der Waals surface area contributed by atoms with Gasteiger partial charge in [0.1, 0.15) is 0 Å². The van der Waals surface area contributed by atoms with Crippen LogP contribution in [0.15, 0.2) is 60.7 Å². The van der Waals surface area contributed by atoms with Crippen molar-refractivity contribution in [2.75, 3.05) is 0 Å². The molecule has 0 bridgehead atoms. The van der Waals surface area contributed by atoms with Gasteiger partial charge in [-0.05, 0) is 11.8 Å². The van der Waals surface area contributed by atoms with Crippen LogP contribution in [0.1, 0.15) is 59.1 Å². The summed E-state index contributed by atoms with van der Waals surface area (Å²) in [5.41, 5.74) is 8.41. The Kier molecular flexibility index (Phi) is 12.8. The molecule has 0 nitrogen and oxygen atoms in total. The number of hydrogen-bond donors (Lipinski definition) is 0. The van der Waals surface area contributed by atoms with Crippen LogP contribution in [0.5, 0.6) is 0 Å². The van der Waals surface area contributed by atoms with E-state index in [1.54, 1.807) is 0 Å². The summed E-state index contributed by atoms with van der Waals surface area (Å²) in [4.78, 5) is 0. The van der Waals surface area contributed by atoms with Crippen LogP contribution in [0.3, 0.4) is 0 Å². The summed E-state index contributed by atoms with van der Waals surface area (Å²) in [5, 5.41) is 0. The maximum atomic E-state index is 3.34. The molecule has 0 amide bonds. The summed E-state index contributed by atoms with van der Waals surface area (Å²) in [6.45, 7) is 8.78. The van der Waals surface area contributed by atoms with Gasteiger partial charge in [-0.25, -0.2) is 0 Å². The molecule has 4 rings (SSSR count). The summed E-state index contributed by atoms with van der Waals surface area (Å²) >= 11 is 1.30. The van der Waals surface area contributed by atoms with Gasteiger partial charge >= 0.3 is 28.4 Å². The van der Waals surface area contributed by atoms with Gasteiger partial charge in [0, 0.05) is 0 Å². The molecule has 0 fully saturated rings. The molecule has 148 valence electrons. The number of fused-ring (bicyclic) bond motifs is 2. The number of rotatable bonds is 0. The van der Waals surface area contributed by atoms with Gasteiger partial charge in [-0.2, -0.15) is 34.4 Å². The first-order valence-electron chi connectivity index (χ1n) is 9.14. The van der Waals surface area contributed by atoms with Crippen LogP contribution in [0.25, 0.3) is 12.2 Å². The van der Waals surface area contributed by atoms with Crippen LogP contribution in [0, 0.1) is 13.8 Å². The maximum absolute atomic E-state index is 3.34. The zero-order valence-corrected chi connectivity index (χ0v) is 21.0. The third kappa shape index (κ3) is 7.11. The predicted molar refractivity (Wildman–Crippen MR) is 114 cm³/mol. The molecule has 0 aliphatic heterocycles. The Hall–Kier alpha value is -1.01. The second-order valence-electron chi connectivity index (χ2n) is 6.95. The topological polar surface area (TPSA) is 0 Å². The van der Waals surface area contributed by atoms with E-state index >= 15 is 0 Å². The van der Waals surface area contributed by atoms with Crippen molar-refractivity contribution in [3.63, 3.8) is 0 Å². The summed E-state index contributed by atoms with van der Waals surface area (Å²) < 4.78 is 3.34. The Morgan fingerprint density at radius 2 is 1.07 bits per heavy atom. The molecule has 2 aromatic carbocycles. The van der Waals surface area contributed by atoms with E-state index in [4.69, 9.17) is 0 Å². The van der Waals surface area contributed by atoms with E-state index in [1.807, 2.05) is 0 Å². The third-order valence-corrected chi connectivity index (χ3v) is 4.75. The third-order valence-electron chi connectivity index (χ3n) is 4.75. The average Bonchev–Trinajstić information content (AvgIpc) is 3.09. The number of aryl methyl sites for hydroxylation is 2. The fourth-order valence-corrected chi connectivity index (χ4v) is 3.46. The SMILES string of the molecule is Cc1cc2c([cH-]1)C=CC=CC2C.Cc1cc2c([cH-]1)C=CC=CC2C.[CH2]=[Zr+2].[Cl-].[Cl-]. The fraction of sp³-hybridized carbons (Fsp3) is 0.240. The van der Waals surface area contributed by atoms with Crippen molar-refractivity contribution in [2.24, 2.45) is 0 Å². The van der Waals surface area contributed by atoms with E-state index in [9.17, 15) is 0 Å². The van der Waals surface area contributed by atoms with Gasteiger partial charge in [-0.1, -0.05) is 52.0 Å². The molecule has 2 aliphatic carbocycles. The van der Waals surface area contributed by atoms with Crippen LogP contribution in [-0.2, 0) is 24.2 Å². The van der Waals surface area contributed by atoms with E-state index in [0.29, 0.717) is 11.8 Å². The predicted octanol–water partition coefficient (Wildman–Crippen LogP) is 0.774. The van der Waals surface area contributed by atoms with E-state index in [1.165, 1.54) is 57.6 Å². The molecule has 2 unspecified atom stereocenters. The van der Waals surface area contributed by atoms with Gasteiger partial charge in [0.2, 0.25) is 0 Å². The number of hydrogen-bond acceptors (Lipinski definition) is 0. The summed E-state index contributed by atoms with van der Waals surface area (Å²) in [6.07, 6.45) is 17.3. The van der Waals surface area contributed by atoms with Gasteiger partial charge < -0.3 is 24.8 Å². The second kappa shape index (κ2) is 13.3. The number of allylic oxidation sites excluding steroid dienone is 6. The fourth-order valence-electron chi connectivity index (χ4n) is 3.46. The first-order valence-corrected chi connectivity index (χ1v) is 10.9. The summed E-state index contributed by atoms with van der Waals surface area (Å²) in [5.74, 6) is 1.12. The molecular weight excluding hydrogens is 462 g/mol. The Labute approximate surface area is 198 Å². The largest absolute Gasteiger partial charge is 1.00 e. The van der Waals surface area contributed by atoms with Crippen molar-refractivity contribution < 1.29 is 49.0 Å². The minimum atomic E-state index is 0. The molecule has 0 spiro atoms. The van der Waals surface area contributed by atoms with E-state index < -0.39 is 0 Å². The van der Waals surface area contributed by atoms with Gasteiger partial charge in [0.15, 0.2) is 0 Å². The monoisotopic (exact) mass is 488 g/mol. The van der Waals surface area contributed by atoms with Crippen molar-refractivity contribution >= 4 is 16.4 Å². The first kappa shape index (κ1) is 27.0. The number of halogens is 2. The molecule has 3 heteroatoms. The van der Waals surface area contributed by atoms with E-state index in [-0.39, 0.29) is 24.8 Å². The molecular formula is C25H28Cl2Zr-2. The molecule has 28 heavy (non-hydrogen) atoms. The van der Waals surface area contributed by atoms with E-state index in [2.05, 4.69) is 105 Å². The molecule has 0 saturated carbocycles. The summed E-state index contributed by atoms with van der Waals surface area (Å²) in [6, 6.07) is 9.05. The Morgan fingerprint density at radius 1 is 0.714 bits per heavy atom. The zero-order chi connectivity index (χ0) is 19.1. The minimum absolute atomic E-state index is 0. The maximum Gasteiger partial charge on any atom is -1.00 e. The van der Waals surface area contributed by atoms with Crippen LogP contribution in [0.2, 0.25) is 0 Å². The van der Waals surface area contributed by atoms with E-state index in [0.717, 1.165) is 0 Å². The van der Waals surface area contributed by atoms with Crippen molar-refractivity contribution in [1.82, 2.24) is 0 Å². The van der Waals surface area contributed by atoms with Crippen molar-refractivity contribution in [3.05, 3.63) is 94.1 Å². The Morgan fingerprint density at radius 3 is 1.43 bits per heavy atom. The van der Waals surface area contributed by atoms with Gasteiger partial charge in [0.25, 0.3) is 0 Å². The van der Waals surface area contributed by atoms with Gasteiger partial charge in [-0.15, -0.1) is 47.6 Å². The molecule has 0 saturated heterocycles. The minimum Gasteiger partial charge on any atom is -1.00 e. The van der Waals surface area contributed by atoms with Crippen LogP contribution < -0.4 is 24.8 Å². The second-order valence-corrected chi connectivity index (χ2v) is 6.95. The van der Waals surface area contributed by atoms with Crippen LogP contribution >= 0.6 is 0 Å². The van der Waals surface area contributed by atoms with Crippen LogP contribution in [0.4, 0.5) is 0 Å². The van der Waals surface area contributed by atoms with Crippen LogP contribution in [-0.4, -0.2) is 4.21 Å². The van der Waals surface area contributed by atoms with Crippen molar-refractivity contribution in [1.29, 1.82) is 0 Å². The Balaban J connectivity index is 0.000000449. The average molecular weight is 491 g/mol. The standard InChI is InChI=1S/2C12H13.CH2.2ClH.Zr/c2*1-9-7-11-6-4-3-5-10(2)12(11)8-9;;;;/h2*3-8,10H,1-2H3;1H2;2*1H;/q2*-1;;;;+2/p-2.